The monoisotopic (exact) mass is 538 g/mol. The van der Waals surface area contributed by atoms with Crippen LogP contribution in [0.5, 0.6) is 0 Å². The predicted molar refractivity (Wildman–Crippen MR) is 161 cm³/mol. The van der Waals surface area contributed by atoms with Crippen molar-refractivity contribution in [1.82, 2.24) is 29.5 Å². The normalized spacial score (nSPS) is 17.7. The zero-order chi connectivity index (χ0) is 27.6. The Balaban J connectivity index is 1.26. The molecule has 0 amide bonds. The van der Waals surface area contributed by atoms with E-state index in [4.69, 9.17) is 19.8 Å². The zero-order valence-electron chi connectivity index (χ0n) is 24.4. The van der Waals surface area contributed by atoms with Gasteiger partial charge in [0, 0.05) is 56.1 Å². The zero-order valence-corrected chi connectivity index (χ0v) is 24.4. The van der Waals surface area contributed by atoms with Crippen LogP contribution in [0, 0.1) is 19.8 Å². The van der Waals surface area contributed by atoms with Crippen LogP contribution in [0.1, 0.15) is 49.7 Å². The quantitative estimate of drug-likeness (QED) is 0.292. The SMILES string of the molecule is Cc1nn(C2CCN(CC(C)C)CC2)c(C)c1-c1cnc2cccc(-c3ccc(CN4CCOCC4)cc3)c2n1. The fourth-order valence-corrected chi connectivity index (χ4v) is 6.45. The molecule has 6 rings (SSSR count). The minimum Gasteiger partial charge on any atom is -0.379 e. The lowest BCUT2D eigenvalue weighted by Gasteiger charge is -2.33. The van der Waals surface area contributed by atoms with E-state index in [9.17, 15) is 0 Å². The molecule has 0 unspecified atom stereocenters. The first kappa shape index (κ1) is 27.1. The van der Waals surface area contributed by atoms with Crippen molar-refractivity contribution in [3.05, 3.63) is 65.6 Å². The first-order chi connectivity index (χ1) is 19.5. The lowest BCUT2D eigenvalue weighted by molar-refractivity contribution is 0.0342. The molecular formula is C33H42N6O. The molecule has 7 nitrogen and oxygen atoms in total. The third-order valence-corrected chi connectivity index (χ3v) is 8.46. The van der Waals surface area contributed by atoms with Gasteiger partial charge in [-0.05, 0) is 49.8 Å². The third-order valence-electron chi connectivity index (χ3n) is 8.46. The van der Waals surface area contributed by atoms with E-state index in [1.807, 2.05) is 6.20 Å². The summed E-state index contributed by atoms with van der Waals surface area (Å²) in [6.45, 7) is 17.0. The van der Waals surface area contributed by atoms with E-state index >= 15 is 0 Å². The molecular weight excluding hydrogens is 496 g/mol. The van der Waals surface area contributed by atoms with Crippen molar-refractivity contribution < 1.29 is 4.74 Å². The maximum absolute atomic E-state index is 5.50. The molecule has 0 aliphatic carbocycles. The van der Waals surface area contributed by atoms with Crippen LogP contribution in [-0.2, 0) is 11.3 Å². The molecule has 4 heterocycles. The molecule has 2 aromatic carbocycles. The number of hydrogen-bond acceptors (Lipinski definition) is 6. The number of hydrogen-bond donors (Lipinski definition) is 0. The Hall–Kier alpha value is -3.13. The van der Waals surface area contributed by atoms with Gasteiger partial charge in [0.05, 0.1) is 47.9 Å². The van der Waals surface area contributed by atoms with Crippen LogP contribution in [-0.4, -0.2) is 75.5 Å². The number of para-hydroxylation sites is 1. The highest BCUT2D eigenvalue weighted by Gasteiger charge is 2.25. The summed E-state index contributed by atoms with van der Waals surface area (Å²) in [4.78, 5) is 15.1. The van der Waals surface area contributed by atoms with E-state index in [-0.39, 0.29) is 0 Å². The minimum atomic E-state index is 0.441. The summed E-state index contributed by atoms with van der Waals surface area (Å²) in [5.74, 6) is 0.709. The fraction of sp³-hybridized carbons (Fsp3) is 0.485. The van der Waals surface area contributed by atoms with E-state index in [0.717, 1.165) is 92.3 Å². The number of fused-ring (bicyclic) bond motifs is 1. The average Bonchev–Trinajstić information content (AvgIpc) is 3.27. The van der Waals surface area contributed by atoms with Crippen LogP contribution in [0.4, 0.5) is 0 Å². The van der Waals surface area contributed by atoms with Crippen molar-refractivity contribution in [1.29, 1.82) is 0 Å². The Bertz CT molecular complexity index is 1450. The molecule has 2 saturated heterocycles. The molecule has 0 bridgehead atoms. The Morgan fingerprint density at radius 2 is 1.68 bits per heavy atom. The van der Waals surface area contributed by atoms with Gasteiger partial charge in [-0.15, -0.1) is 0 Å². The van der Waals surface area contributed by atoms with Crippen molar-refractivity contribution >= 4 is 11.0 Å². The maximum atomic E-state index is 5.50. The van der Waals surface area contributed by atoms with Crippen LogP contribution in [0.25, 0.3) is 33.4 Å². The van der Waals surface area contributed by atoms with Gasteiger partial charge in [0.1, 0.15) is 0 Å². The van der Waals surface area contributed by atoms with Crippen LogP contribution in [0.15, 0.2) is 48.7 Å². The summed E-state index contributed by atoms with van der Waals surface area (Å²) in [7, 11) is 0. The van der Waals surface area contributed by atoms with Crippen LogP contribution in [0.3, 0.4) is 0 Å². The molecule has 40 heavy (non-hydrogen) atoms. The average molecular weight is 539 g/mol. The smallest absolute Gasteiger partial charge is 0.0972 e. The van der Waals surface area contributed by atoms with Crippen molar-refractivity contribution in [3.8, 4) is 22.4 Å². The minimum absolute atomic E-state index is 0.441. The van der Waals surface area contributed by atoms with E-state index < -0.39 is 0 Å². The lowest BCUT2D eigenvalue weighted by atomic mass is 10.0. The van der Waals surface area contributed by atoms with Gasteiger partial charge >= 0.3 is 0 Å². The molecule has 2 aliphatic heterocycles. The van der Waals surface area contributed by atoms with E-state index in [1.54, 1.807) is 0 Å². The van der Waals surface area contributed by atoms with Gasteiger partial charge in [-0.1, -0.05) is 50.2 Å². The van der Waals surface area contributed by atoms with E-state index in [0.29, 0.717) is 12.0 Å². The van der Waals surface area contributed by atoms with Crippen molar-refractivity contribution in [2.24, 2.45) is 5.92 Å². The largest absolute Gasteiger partial charge is 0.379 e. The second-order valence-electron chi connectivity index (χ2n) is 11.9. The van der Waals surface area contributed by atoms with Gasteiger partial charge in [0.2, 0.25) is 0 Å². The summed E-state index contributed by atoms with van der Waals surface area (Å²) in [6.07, 6.45) is 4.20. The van der Waals surface area contributed by atoms with Gasteiger partial charge in [-0.25, -0.2) is 4.98 Å². The summed E-state index contributed by atoms with van der Waals surface area (Å²) in [6, 6.07) is 15.7. The van der Waals surface area contributed by atoms with Crippen molar-refractivity contribution in [3.63, 3.8) is 0 Å². The number of piperidine rings is 1. The number of aromatic nitrogens is 4. The second kappa shape index (κ2) is 11.8. The number of aryl methyl sites for hydroxylation is 1. The molecule has 4 aromatic rings. The molecule has 210 valence electrons. The molecule has 0 radical (unpaired) electrons. The van der Waals surface area contributed by atoms with Gasteiger partial charge in [0.15, 0.2) is 0 Å². The highest BCUT2D eigenvalue weighted by molar-refractivity contribution is 5.92. The van der Waals surface area contributed by atoms with Gasteiger partial charge < -0.3 is 9.64 Å². The van der Waals surface area contributed by atoms with E-state index in [1.165, 1.54) is 23.4 Å². The first-order valence-electron chi connectivity index (χ1n) is 14.9. The van der Waals surface area contributed by atoms with Crippen LogP contribution >= 0.6 is 0 Å². The number of benzene rings is 2. The number of nitrogens with zero attached hydrogens (tertiary/aromatic N) is 6. The fourth-order valence-electron chi connectivity index (χ4n) is 6.45. The molecule has 0 atom stereocenters. The Morgan fingerprint density at radius 3 is 2.40 bits per heavy atom. The Kier molecular flexibility index (Phi) is 7.96. The van der Waals surface area contributed by atoms with Gasteiger partial charge in [-0.3, -0.25) is 14.6 Å². The standard InChI is InChI=1S/C33H42N6O/c1-23(2)21-37-14-12-28(13-15-37)39-25(4)32(24(3)36-39)31-20-34-30-7-5-6-29(33(30)35-31)27-10-8-26(9-11-27)22-38-16-18-40-19-17-38/h5-11,20,23,28H,12-19,21-22H2,1-4H3. The molecule has 0 saturated carbocycles. The molecule has 0 N–H and O–H groups in total. The van der Waals surface area contributed by atoms with Crippen molar-refractivity contribution in [2.75, 3.05) is 45.9 Å². The summed E-state index contributed by atoms with van der Waals surface area (Å²) in [5, 5.41) is 5.03. The van der Waals surface area contributed by atoms with E-state index in [2.05, 4.69) is 84.6 Å². The molecule has 7 heteroatoms. The number of ether oxygens (including phenoxy) is 1. The number of morpholine rings is 1. The summed E-state index contributed by atoms with van der Waals surface area (Å²) >= 11 is 0. The molecule has 0 spiro atoms. The summed E-state index contributed by atoms with van der Waals surface area (Å²) < 4.78 is 7.76. The first-order valence-corrected chi connectivity index (χ1v) is 14.9. The molecule has 2 fully saturated rings. The topological polar surface area (TPSA) is 59.3 Å². The van der Waals surface area contributed by atoms with Crippen LogP contribution in [0.2, 0.25) is 0 Å². The van der Waals surface area contributed by atoms with Gasteiger partial charge in [-0.2, -0.15) is 5.10 Å². The van der Waals surface area contributed by atoms with Crippen LogP contribution < -0.4 is 0 Å². The summed E-state index contributed by atoms with van der Waals surface area (Å²) in [5.41, 5.74) is 9.71. The predicted octanol–water partition coefficient (Wildman–Crippen LogP) is 5.90. The second-order valence-corrected chi connectivity index (χ2v) is 11.9. The highest BCUT2D eigenvalue weighted by atomic mass is 16.5. The number of likely N-dealkylation sites (tertiary alicyclic amines) is 1. The molecule has 2 aliphatic rings. The number of rotatable bonds is 7. The maximum Gasteiger partial charge on any atom is 0.0972 e. The van der Waals surface area contributed by atoms with Crippen molar-refractivity contribution in [2.45, 2.75) is 53.1 Å². The highest BCUT2D eigenvalue weighted by Crippen LogP contribution is 2.33. The molecule has 2 aromatic heterocycles. The Labute approximate surface area is 238 Å². The third kappa shape index (κ3) is 5.69. The lowest BCUT2D eigenvalue weighted by Crippen LogP contribution is -2.37. The van der Waals surface area contributed by atoms with Gasteiger partial charge in [0.25, 0.3) is 0 Å². The Morgan fingerprint density at radius 1 is 0.925 bits per heavy atom.